The molecule has 8 nitrogen and oxygen atoms in total. The standard InChI is InChI=1S/C31H36N6O2/c1-2-23-13-14-27(29(32)38)31(34-25-11-7-4-8-12-25)35-30(23)33-20-22-15-17-37(18-16-22)21-26-19-28(36-39-26)24-9-5-3-6-10-24/h3-12,14,19,22-23H,2,13,15-18,20-21H2,1H3,(H2,32,38)(H,33,34,35). The van der Waals surface area contributed by atoms with Gasteiger partial charge in [-0.2, -0.15) is 0 Å². The number of rotatable bonds is 8. The van der Waals surface area contributed by atoms with E-state index in [-0.39, 0.29) is 5.92 Å². The Hall–Kier alpha value is -4.04. The molecular formula is C31H36N6O2. The molecule has 2 aromatic carbocycles. The summed E-state index contributed by atoms with van der Waals surface area (Å²) in [4.78, 5) is 24.5. The van der Waals surface area contributed by atoms with Gasteiger partial charge in [-0.05, 0) is 56.8 Å². The first-order chi connectivity index (χ1) is 19.1. The van der Waals surface area contributed by atoms with E-state index in [1.165, 1.54) is 0 Å². The van der Waals surface area contributed by atoms with Gasteiger partial charge in [0.2, 0.25) is 0 Å². The van der Waals surface area contributed by atoms with E-state index in [0.717, 1.165) is 74.0 Å². The second kappa shape index (κ2) is 12.7. The van der Waals surface area contributed by atoms with Gasteiger partial charge in [0.05, 0.1) is 12.1 Å². The SMILES string of the molecule is CCC1CC=C(C(N)=O)C(Nc2ccccc2)=NC1=NCC1CCN(Cc2cc(-c3ccccc3)no2)CC1. The van der Waals surface area contributed by atoms with Gasteiger partial charge in [-0.1, -0.05) is 66.7 Å². The number of para-hydroxylation sites is 1. The Morgan fingerprint density at radius 1 is 1.10 bits per heavy atom. The van der Waals surface area contributed by atoms with E-state index in [9.17, 15) is 4.79 Å². The van der Waals surface area contributed by atoms with E-state index in [1.807, 2.05) is 72.8 Å². The fourth-order valence-corrected chi connectivity index (χ4v) is 5.12. The quantitative estimate of drug-likeness (QED) is 0.415. The Labute approximate surface area is 229 Å². The topological polar surface area (TPSA) is 109 Å². The molecule has 0 radical (unpaired) electrons. The van der Waals surface area contributed by atoms with Crippen LogP contribution in [-0.2, 0) is 11.3 Å². The van der Waals surface area contributed by atoms with Crippen LogP contribution in [0.2, 0.25) is 0 Å². The zero-order chi connectivity index (χ0) is 27.0. The number of aliphatic imine (C=N–C) groups is 2. The summed E-state index contributed by atoms with van der Waals surface area (Å²) in [6.07, 6.45) is 5.62. The minimum absolute atomic E-state index is 0.153. The number of nitrogens with one attached hydrogen (secondary N) is 1. The molecule has 1 unspecified atom stereocenters. The highest BCUT2D eigenvalue weighted by molar-refractivity contribution is 6.27. The fraction of sp³-hybridized carbons (Fsp3) is 0.355. The van der Waals surface area contributed by atoms with Crippen LogP contribution in [-0.4, -0.2) is 47.3 Å². The van der Waals surface area contributed by atoms with E-state index in [2.05, 4.69) is 22.3 Å². The summed E-state index contributed by atoms with van der Waals surface area (Å²) < 4.78 is 5.62. The van der Waals surface area contributed by atoms with Crippen LogP contribution in [0, 0.1) is 11.8 Å². The molecule has 3 N–H and O–H groups in total. The molecule has 0 bridgehead atoms. The molecular weight excluding hydrogens is 488 g/mol. The van der Waals surface area contributed by atoms with Gasteiger partial charge in [-0.3, -0.25) is 14.7 Å². The van der Waals surface area contributed by atoms with Crippen molar-refractivity contribution < 1.29 is 9.32 Å². The number of nitrogens with zero attached hydrogens (tertiary/aromatic N) is 4. The van der Waals surface area contributed by atoms with Crippen LogP contribution >= 0.6 is 0 Å². The maximum absolute atomic E-state index is 12.2. The van der Waals surface area contributed by atoms with Crippen LogP contribution in [0.5, 0.6) is 0 Å². The molecule has 1 amide bonds. The summed E-state index contributed by atoms with van der Waals surface area (Å²) in [5, 5.41) is 7.53. The zero-order valence-corrected chi connectivity index (χ0v) is 22.4. The van der Waals surface area contributed by atoms with Gasteiger partial charge in [0.15, 0.2) is 5.76 Å². The molecule has 2 aliphatic heterocycles. The van der Waals surface area contributed by atoms with Gasteiger partial charge < -0.3 is 15.6 Å². The fourth-order valence-electron chi connectivity index (χ4n) is 5.12. The van der Waals surface area contributed by atoms with Crippen molar-refractivity contribution in [3.05, 3.63) is 84.1 Å². The Balaban J connectivity index is 1.21. The first-order valence-corrected chi connectivity index (χ1v) is 13.8. The van der Waals surface area contributed by atoms with Crippen molar-refractivity contribution in [1.82, 2.24) is 10.1 Å². The zero-order valence-electron chi connectivity index (χ0n) is 22.4. The number of allylic oxidation sites excluding steroid dienone is 1. The first kappa shape index (κ1) is 26.6. The first-order valence-electron chi connectivity index (χ1n) is 13.8. The number of aromatic nitrogens is 1. The third-order valence-corrected chi connectivity index (χ3v) is 7.47. The number of anilines is 1. The summed E-state index contributed by atoms with van der Waals surface area (Å²) in [6.45, 7) is 5.61. The van der Waals surface area contributed by atoms with Gasteiger partial charge in [0, 0.05) is 29.8 Å². The van der Waals surface area contributed by atoms with Gasteiger partial charge >= 0.3 is 0 Å². The number of primary amides is 1. The Kier molecular flexibility index (Phi) is 8.63. The average Bonchev–Trinajstić information content (AvgIpc) is 3.35. The third-order valence-electron chi connectivity index (χ3n) is 7.47. The van der Waals surface area contributed by atoms with E-state index in [0.29, 0.717) is 23.7 Å². The Bertz CT molecular complexity index is 1340. The van der Waals surface area contributed by atoms with Crippen LogP contribution in [0.15, 0.2) is 92.9 Å². The highest BCUT2D eigenvalue weighted by Crippen LogP contribution is 2.25. The number of carbonyl (C=O) groups excluding carboxylic acids is 1. The number of hydrogen-bond donors (Lipinski definition) is 2. The van der Waals surface area contributed by atoms with E-state index in [1.54, 1.807) is 0 Å². The lowest BCUT2D eigenvalue weighted by Gasteiger charge is -2.30. The molecule has 1 atom stereocenters. The van der Waals surface area contributed by atoms with Crippen LogP contribution < -0.4 is 11.1 Å². The summed E-state index contributed by atoms with van der Waals surface area (Å²) in [6, 6.07) is 21.8. The number of likely N-dealkylation sites (tertiary alicyclic amines) is 1. The molecule has 5 rings (SSSR count). The molecule has 0 aliphatic carbocycles. The van der Waals surface area contributed by atoms with Crippen molar-refractivity contribution in [2.45, 2.75) is 39.2 Å². The molecule has 39 heavy (non-hydrogen) atoms. The van der Waals surface area contributed by atoms with Crippen LogP contribution in [0.3, 0.4) is 0 Å². The van der Waals surface area contributed by atoms with Crippen LogP contribution in [0.1, 0.15) is 38.4 Å². The number of amidine groups is 2. The largest absolute Gasteiger partial charge is 0.365 e. The summed E-state index contributed by atoms with van der Waals surface area (Å²) in [5.41, 5.74) is 8.93. The highest BCUT2D eigenvalue weighted by atomic mass is 16.5. The van der Waals surface area contributed by atoms with E-state index >= 15 is 0 Å². The molecule has 3 aromatic rings. The van der Waals surface area contributed by atoms with Gasteiger partial charge in [0.1, 0.15) is 17.4 Å². The minimum Gasteiger partial charge on any atom is -0.365 e. The Morgan fingerprint density at radius 3 is 2.51 bits per heavy atom. The van der Waals surface area contributed by atoms with Crippen molar-refractivity contribution in [3.8, 4) is 11.3 Å². The normalized spacial score (nSPS) is 19.8. The smallest absolute Gasteiger partial charge is 0.252 e. The monoisotopic (exact) mass is 524 g/mol. The minimum atomic E-state index is -0.483. The molecule has 0 saturated carbocycles. The number of nitrogens with two attached hydrogens (primary N) is 1. The number of carbonyl (C=O) groups is 1. The highest BCUT2D eigenvalue weighted by Gasteiger charge is 2.25. The van der Waals surface area contributed by atoms with Crippen LogP contribution in [0.4, 0.5) is 5.69 Å². The molecule has 0 spiro atoms. The van der Waals surface area contributed by atoms with Gasteiger partial charge in [0.25, 0.3) is 5.91 Å². The number of benzene rings is 2. The number of hydrogen-bond acceptors (Lipinski definition) is 6. The molecule has 202 valence electrons. The second-order valence-corrected chi connectivity index (χ2v) is 10.2. The lowest BCUT2D eigenvalue weighted by Crippen LogP contribution is -2.34. The third kappa shape index (κ3) is 6.89. The number of amides is 1. The summed E-state index contributed by atoms with van der Waals surface area (Å²) in [7, 11) is 0. The van der Waals surface area contributed by atoms with E-state index < -0.39 is 5.91 Å². The maximum atomic E-state index is 12.2. The molecule has 8 heteroatoms. The summed E-state index contributed by atoms with van der Waals surface area (Å²) >= 11 is 0. The Morgan fingerprint density at radius 2 is 1.82 bits per heavy atom. The predicted molar refractivity (Wildman–Crippen MR) is 155 cm³/mol. The van der Waals surface area contributed by atoms with Gasteiger partial charge in [-0.25, -0.2) is 4.99 Å². The van der Waals surface area contributed by atoms with Gasteiger partial charge in [-0.15, -0.1) is 0 Å². The second-order valence-electron chi connectivity index (χ2n) is 10.2. The lowest BCUT2D eigenvalue weighted by molar-refractivity contribution is -0.114. The van der Waals surface area contributed by atoms with Crippen molar-refractivity contribution in [3.63, 3.8) is 0 Å². The van der Waals surface area contributed by atoms with Crippen molar-refractivity contribution >= 4 is 23.3 Å². The number of piperidine rings is 1. The summed E-state index contributed by atoms with van der Waals surface area (Å²) in [5.74, 6) is 2.32. The van der Waals surface area contributed by atoms with Crippen molar-refractivity contribution in [1.29, 1.82) is 0 Å². The molecule has 1 fully saturated rings. The van der Waals surface area contributed by atoms with Crippen molar-refractivity contribution in [2.75, 3.05) is 25.0 Å². The van der Waals surface area contributed by atoms with Crippen LogP contribution in [0.25, 0.3) is 11.3 Å². The lowest BCUT2D eigenvalue weighted by atomic mass is 9.96. The van der Waals surface area contributed by atoms with E-state index in [4.69, 9.17) is 20.2 Å². The maximum Gasteiger partial charge on any atom is 0.252 e. The average molecular weight is 525 g/mol. The molecule has 1 aromatic heterocycles. The van der Waals surface area contributed by atoms with Crippen molar-refractivity contribution in [2.24, 2.45) is 27.6 Å². The predicted octanol–water partition coefficient (Wildman–Crippen LogP) is 5.30. The molecule has 1 saturated heterocycles. The molecule has 2 aliphatic rings. The molecule has 3 heterocycles.